The lowest BCUT2D eigenvalue weighted by Crippen LogP contribution is -2.43. The van der Waals surface area contributed by atoms with Crippen LogP contribution < -0.4 is 5.32 Å². The van der Waals surface area contributed by atoms with Gasteiger partial charge in [-0.15, -0.1) is 0 Å². The van der Waals surface area contributed by atoms with Gasteiger partial charge in [-0.1, -0.05) is 13.8 Å². The zero-order valence-corrected chi connectivity index (χ0v) is 13.1. The second-order valence-corrected chi connectivity index (χ2v) is 5.81. The molecule has 0 aromatic carbocycles. The van der Waals surface area contributed by atoms with Crippen molar-refractivity contribution in [1.29, 1.82) is 0 Å². The molecule has 0 aromatic heterocycles. The van der Waals surface area contributed by atoms with Crippen LogP contribution in [0.5, 0.6) is 0 Å². The van der Waals surface area contributed by atoms with Crippen LogP contribution in [0.15, 0.2) is 0 Å². The van der Waals surface area contributed by atoms with E-state index < -0.39 is 18.0 Å². The zero-order chi connectivity index (χ0) is 15.9. The van der Waals surface area contributed by atoms with E-state index >= 15 is 0 Å². The van der Waals surface area contributed by atoms with Crippen LogP contribution in [-0.4, -0.2) is 58.2 Å². The summed E-state index contributed by atoms with van der Waals surface area (Å²) in [7, 11) is 2.56. The number of hydrogen-bond acceptors (Lipinski definition) is 7. The van der Waals surface area contributed by atoms with Crippen LogP contribution in [-0.2, 0) is 28.5 Å². The first-order valence-electron chi connectivity index (χ1n) is 6.99. The first-order chi connectivity index (χ1) is 9.88. The number of methoxy groups -OCH3 is 2. The van der Waals surface area contributed by atoms with Gasteiger partial charge in [-0.25, -0.2) is 0 Å². The van der Waals surface area contributed by atoms with E-state index in [4.69, 9.17) is 9.47 Å². The number of rotatable bonds is 7. The van der Waals surface area contributed by atoms with Gasteiger partial charge in [0.05, 0.1) is 33.9 Å². The van der Waals surface area contributed by atoms with Gasteiger partial charge in [0.25, 0.3) is 0 Å². The molecule has 0 amide bonds. The minimum atomic E-state index is -0.720. The number of nitrogens with one attached hydrogen (secondary N) is 1. The molecular weight excluding hydrogens is 278 g/mol. The lowest BCUT2D eigenvalue weighted by atomic mass is 9.95. The van der Waals surface area contributed by atoms with Gasteiger partial charge in [0.15, 0.2) is 6.29 Å². The Morgan fingerprint density at radius 3 is 2.38 bits per heavy atom. The SMILES string of the molecule is COC(=O)CC(NCCC1OCC(C)(C)CO1)C(=O)OC. The van der Waals surface area contributed by atoms with Crippen molar-refractivity contribution in [1.82, 2.24) is 5.32 Å². The minimum absolute atomic E-state index is 0.0311. The fraction of sp³-hybridized carbons (Fsp3) is 0.857. The Bertz CT molecular complexity index is 347. The average molecular weight is 303 g/mol. The van der Waals surface area contributed by atoms with E-state index in [1.807, 2.05) is 0 Å². The molecule has 0 aliphatic carbocycles. The van der Waals surface area contributed by atoms with E-state index in [1.165, 1.54) is 14.2 Å². The van der Waals surface area contributed by atoms with Gasteiger partial charge in [0.1, 0.15) is 6.04 Å². The number of esters is 2. The molecule has 1 N–H and O–H groups in total. The first kappa shape index (κ1) is 17.9. The number of carbonyl (C=O) groups is 2. The van der Waals surface area contributed by atoms with Gasteiger partial charge >= 0.3 is 11.9 Å². The summed E-state index contributed by atoms with van der Waals surface area (Å²) in [6.45, 7) is 5.90. The predicted octanol–water partition coefficient (Wildman–Crippen LogP) is 0.470. The molecule has 1 heterocycles. The van der Waals surface area contributed by atoms with Gasteiger partial charge in [-0.05, 0) is 0 Å². The molecule has 7 nitrogen and oxygen atoms in total. The fourth-order valence-electron chi connectivity index (χ4n) is 1.90. The van der Waals surface area contributed by atoms with Gasteiger partial charge in [-0.3, -0.25) is 9.59 Å². The summed E-state index contributed by atoms with van der Waals surface area (Å²) in [6.07, 6.45) is 0.231. The van der Waals surface area contributed by atoms with E-state index in [2.05, 4.69) is 28.6 Å². The third-order valence-corrected chi connectivity index (χ3v) is 3.17. The normalized spacial score (nSPS) is 19.8. The topological polar surface area (TPSA) is 83.1 Å². The van der Waals surface area contributed by atoms with E-state index in [-0.39, 0.29) is 18.1 Å². The fourth-order valence-corrected chi connectivity index (χ4v) is 1.90. The van der Waals surface area contributed by atoms with Crippen molar-refractivity contribution in [2.45, 2.75) is 39.0 Å². The molecule has 7 heteroatoms. The van der Waals surface area contributed by atoms with Gasteiger partial charge in [0.2, 0.25) is 0 Å². The maximum Gasteiger partial charge on any atom is 0.323 e. The third-order valence-electron chi connectivity index (χ3n) is 3.17. The van der Waals surface area contributed by atoms with Crippen molar-refractivity contribution >= 4 is 11.9 Å². The summed E-state index contributed by atoms with van der Waals surface area (Å²) in [5.41, 5.74) is 0.0311. The lowest BCUT2D eigenvalue weighted by Gasteiger charge is -2.34. The van der Waals surface area contributed by atoms with Crippen molar-refractivity contribution in [2.24, 2.45) is 5.41 Å². The van der Waals surface area contributed by atoms with Crippen molar-refractivity contribution in [3.8, 4) is 0 Å². The highest BCUT2D eigenvalue weighted by Gasteiger charge is 2.28. The van der Waals surface area contributed by atoms with Gasteiger partial charge in [0, 0.05) is 18.4 Å². The van der Waals surface area contributed by atoms with Gasteiger partial charge in [-0.2, -0.15) is 0 Å². The summed E-state index contributed by atoms with van der Waals surface area (Å²) in [6, 6.07) is -0.720. The van der Waals surface area contributed by atoms with Crippen molar-refractivity contribution in [3.05, 3.63) is 0 Å². The van der Waals surface area contributed by atoms with Crippen LogP contribution in [0.2, 0.25) is 0 Å². The molecule has 1 rings (SSSR count). The Kier molecular flexibility index (Phi) is 7.07. The molecule has 21 heavy (non-hydrogen) atoms. The van der Waals surface area contributed by atoms with Crippen LogP contribution in [0.1, 0.15) is 26.7 Å². The molecule has 1 fully saturated rings. The third kappa shape index (κ3) is 6.41. The standard InChI is InChI=1S/C14H25NO6/c1-14(2)8-20-12(21-9-14)5-6-15-10(13(17)19-4)7-11(16)18-3/h10,12,15H,5-9H2,1-4H3. The second kappa shape index (κ2) is 8.31. The van der Waals surface area contributed by atoms with Crippen LogP contribution >= 0.6 is 0 Å². The number of ether oxygens (including phenoxy) is 4. The van der Waals surface area contributed by atoms with E-state index in [0.717, 1.165) is 0 Å². The molecule has 0 aromatic rings. The van der Waals surface area contributed by atoms with Crippen LogP contribution in [0, 0.1) is 5.41 Å². The molecule has 122 valence electrons. The number of carbonyl (C=O) groups excluding carboxylic acids is 2. The summed E-state index contributed by atoms with van der Waals surface area (Å²) in [5, 5.41) is 2.97. The summed E-state index contributed by atoms with van der Waals surface area (Å²) < 4.78 is 20.4. The van der Waals surface area contributed by atoms with Crippen molar-refractivity contribution in [2.75, 3.05) is 34.0 Å². The Morgan fingerprint density at radius 2 is 1.86 bits per heavy atom. The van der Waals surface area contributed by atoms with E-state index in [9.17, 15) is 9.59 Å². The molecule has 1 aliphatic rings. The smallest absolute Gasteiger partial charge is 0.323 e. The van der Waals surface area contributed by atoms with E-state index in [1.54, 1.807) is 0 Å². The highest BCUT2D eigenvalue weighted by atomic mass is 16.7. The summed E-state index contributed by atoms with van der Waals surface area (Å²) in [4.78, 5) is 22.8. The van der Waals surface area contributed by atoms with Crippen molar-refractivity contribution in [3.63, 3.8) is 0 Å². The Balaban J connectivity index is 2.33. The van der Waals surface area contributed by atoms with Crippen LogP contribution in [0.4, 0.5) is 0 Å². The monoisotopic (exact) mass is 303 g/mol. The first-order valence-corrected chi connectivity index (χ1v) is 6.99. The van der Waals surface area contributed by atoms with Gasteiger partial charge < -0.3 is 24.3 Å². The Hall–Kier alpha value is -1.18. The quantitative estimate of drug-likeness (QED) is 0.684. The van der Waals surface area contributed by atoms with Crippen molar-refractivity contribution < 1.29 is 28.5 Å². The minimum Gasteiger partial charge on any atom is -0.469 e. The average Bonchev–Trinajstić information content (AvgIpc) is 2.46. The molecule has 1 unspecified atom stereocenters. The number of hydrogen-bond donors (Lipinski definition) is 1. The maximum absolute atomic E-state index is 11.6. The summed E-state index contributed by atoms with van der Waals surface area (Å²) in [5.74, 6) is -0.961. The zero-order valence-electron chi connectivity index (χ0n) is 13.1. The van der Waals surface area contributed by atoms with Crippen LogP contribution in [0.25, 0.3) is 0 Å². The maximum atomic E-state index is 11.6. The molecule has 0 spiro atoms. The lowest BCUT2D eigenvalue weighted by molar-refractivity contribution is -0.223. The predicted molar refractivity (Wildman–Crippen MR) is 74.5 cm³/mol. The molecular formula is C14H25NO6. The largest absolute Gasteiger partial charge is 0.469 e. The second-order valence-electron chi connectivity index (χ2n) is 5.81. The van der Waals surface area contributed by atoms with Crippen LogP contribution in [0.3, 0.4) is 0 Å². The molecule has 1 aliphatic heterocycles. The molecule has 0 saturated carbocycles. The van der Waals surface area contributed by atoms with E-state index in [0.29, 0.717) is 26.2 Å². The molecule has 0 radical (unpaired) electrons. The molecule has 0 bridgehead atoms. The Labute approximate surface area is 125 Å². The molecule has 1 saturated heterocycles. The summed E-state index contributed by atoms with van der Waals surface area (Å²) >= 11 is 0. The Morgan fingerprint density at radius 1 is 1.24 bits per heavy atom. The highest BCUT2D eigenvalue weighted by Crippen LogP contribution is 2.23. The highest BCUT2D eigenvalue weighted by molar-refractivity contribution is 5.82. The molecule has 1 atom stereocenters.